The molecule has 0 radical (unpaired) electrons. The standard InChI is InChI=1S/C23H24N4O3/c1-3-30-20-11-9-19(10-12-20)26-23(25-16-17-6-5-13-24-15-17)27-22(28)18-7-4-8-21(14-18)29-2/h4-15H,3,16H2,1-2H3,(H2,25,26,27,28). The predicted molar refractivity (Wildman–Crippen MR) is 117 cm³/mol. The van der Waals surface area contributed by atoms with Crippen LogP contribution < -0.4 is 20.1 Å². The van der Waals surface area contributed by atoms with Crippen LogP contribution in [-0.2, 0) is 6.54 Å². The Labute approximate surface area is 175 Å². The Morgan fingerprint density at radius 3 is 2.60 bits per heavy atom. The van der Waals surface area contributed by atoms with Gasteiger partial charge in [-0.25, -0.2) is 4.99 Å². The first kappa shape index (κ1) is 20.9. The van der Waals surface area contributed by atoms with E-state index >= 15 is 0 Å². The zero-order valence-corrected chi connectivity index (χ0v) is 17.0. The summed E-state index contributed by atoms with van der Waals surface area (Å²) in [5, 5.41) is 5.99. The van der Waals surface area contributed by atoms with Gasteiger partial charge in [-0.3, -0.25) is 15.1 Å². The molecule has 7 heteroatoms. The highest BCUT2D eigenvalue weighted by molar-refractivity contribution is 6.10. The summed E-state index contributed by atoms with van der Waals surface area (Å²) in [5.41, 5.74) is 2.17. The summed E-state index contributed by atoms with van der Waals surface area (Å²) >= 11 is 0. The van der Waals surface area contributed by atoms with E-state index in [0.29, 0.717) is 30.4 Å². The van der Waals surface area contributed by atoms with Gasteiger partial charge < -0.3 is 14.8 Å². The Morgan fingerprint density at radius 2 is 1.90 bits per heavy atom. The third-order valence-corrected chi connectivity index (χ3v) is 4.13. The van der Waals surface area contributed by atoms with E-state index in [9.17, 15) is 4.79 Å². The van der Waals surface area contributed by atoms with Crippen molar-refractivity contribution in [1.29, 1.82) is 0 Å². The maximum atomic E-state index is 12.7. The van der Waals surface area contributed by atoms with Gasteiger partial charge in [0.1, 0.15) is 11.5 Å². The van der Waals surface area contributed by atoms with Crippen molar-refractivity contribution in [2.24, 2.45) is 4.99 Å². The fraction of sp³-hybridized carbons (Fsp3) is 0.174. The van der Waals surface area contributed by atoms with Gasteiger partial charge in [-0.05, 0) is 61.0 Å². The normalized spacial score (nSPS) is 10.9. The minimum Gasteiger partial charge on any atom is -0.497 e. The number of anilines is 1. The monoisotopic (exact) mass is 404 g/mol. The molecule has 1 amide bonds. The molecule has 30 heavy (non-hydrogen) atoms. The smallest absolute Gasteiger partial charge is 0.258 e. The van der Waals surface area contributed by atoms with Crippen LogP contribution in [0.15, 0.2) is 78.0 Å². The van der Waals surface area contributed by atoms with Crippen LogP contribution in [0.25, 0.3) is 0 Å². The number of methoxy groups -OCH3 is 1. The van der Waals surface area contributed by atoms with E-state index in [4.69, 9.17) is 9.47 Å². The number of hydrogen-bond acceptors (Lipinski definition) is 5. The van der Waals surface area contributed by atoms with Crippen molar-refractivity contribution in [2.75, 3.05) is 19.0 Å². The summed E-state index contributed by atoms with van der Waals surface area (Å²) in [6.07, 6.45) is 3.44. The van der Waals surface area contributed by atoms with Gasteiger partial charge in [-0.15, -0.1) is 0 Å². The molecule has 0 aliphatic heterocycles. The van der Waals surface area contributed by atoms with Crippen molar-refractivity contribution in [3.05, 3.63) is 84.2 Å². The van der Waals surface area contributed by atoms with E-state index in [-0.39, 0.29) is 5.91 Å². The second kappa shape index (κ2) is 10.6. The molecule has 0 atom stereocenters. The molecule has 7 nitrogen and oxygen atoms in total. The molecule has 0 unspecified atom stereocenters. The average Bonchev–Trinajstić information content (AvgIpc) is 2.79. The van der Waals surface area contributed by atoms with Gasteiger partial charge in [0.25, 0.3) is 5.91 Å². The van der Waals surface area contributed by atoms with E-state index in [2.05, 4.69) is 20.6 Å². The van der Waals surface area contributed by atoms with E-state index < -0.39 is 0 Å². The van der Waals surface area contributed by atoms with Crippen molar-refractivity contribution >= 4 is 17.6 Å². The van der Waals surface area contributed by atoms with Crippen molar-refractivity contribution < 1.29 is 14.3 Å². The number of guanidine groups is 1. The van der Waals surface area contributed by atoms with E-state index in [0.717, 1.165) is 17.0 Å². The number of hydrogen-bond donors (Lipinski definition) is 2. The highest BCUT2D eigenvalue weighted by Gasteiger charge is 2.11. The maximum absolute atomic E-state index is 12.7. The number of rotatable bonds is 7. The molecule has 154 valence electrons. The second-order valence-corrected chi connectivity index (χ2v) is 6.29. The molecular formula is C23H24N4O3. The van der Waals surface area contributed by atoms with Crippen molar-refractivity contribution in [3.8, 4) is 11.5 Å². The first-order valence-corrected chi connectivity index (χ1v) is 9.56. The third-order valence-electron chi connectivity index (χ3n) is 4.13. The lowest BCUT2D eigenvalue weighted by molar-refractivity contribution is 0.0976. The molecular weight excluding hydrogens is 380 g/mol. The topological polar surface area (TPSA) is 84.8 Å². The summed E-state index contributed by atoms with van der Waals surface area (Å²) in [5.74, 6) is 1.42. The molecule has 3 aromatic rings. The van der Waals surface area contributed by atoms with Crippen molar-refractivity contribution in [2.45, 2.75) is 13.5 Å². The van der Waals surface area contributed by atoms with Gasteiger partial charge in [-0.1, -0.05) is 12.1 Å². The van der Waals surface area contributed by atoms with Crippen LogP contribution in [0.5, 0.6) is 11.5 Å². The number of carbonyl (C=O) groups is 1. The van der Waals surface area contributed by atoms with Gasteiger partial charge >= 0.3 is 0 Å². The number of aliphatic imine (C=N–C) groups is 1. The number of nitrogens with zero attached hydrogens (tertiary/aromatic N) is 2. The molecule has 2 N–H and O–H groups in total. The Hall–Kier alpha value is -3.87. The first-order valence-electron chi connectivity index (χ1n) is 9.56. The minimum atomic E-state index is -0.294. The number of carbonyl (C=O) groups excluding carboxylic acids is 1. The fourth-order valence-corrected chi connectivity index (χ4v) is 2.65. The predicted octanol–water partition coefficient (Wildman–Crippen LogP) is 3.89. The number of ether oxygens (including phenoxy) is 2. The molecule has 3 rings (SSSR count). The van der Waals surface area contributed by atoms with E-state index in [1.807, 2.05) is 43.3 Å². The van der Waals surface area contributed by atoms with Gasteiger partial charge in [0.2, 0.25) is 5.96 Å². The lowest BCUT2D eigenvalue weighted by atomic mass is 10.2. The number of pyridine rings is 1. The van der Waals surface area contributed by atoms with Crippen LogP contribution in [0.4, 0.5) is 5.69 Å². The third kappa shape index (κ3) is 6.07. The summed E-state index contributed by atoms with van der Waals surface area (Å²) in [6, 6.07) is 18.1. The van der Waals surface area contributed by atoms with Gasteiger partial charge in [0, 0.05) is 23.6 Å². The molecule has 1 heterocycles. The molecule has 0 aliphatic carbocycles. The number of benzene rings is 2. The summed E-state index contributed by atoms with van der Waals surface area (Å²) in [4.78, 5) is 21.4. The number of nitrogens with one attached hydrogen (secondary N) is 2. The SMILES string of the molecule is CCOc1ccc(NC(=NCc2cccnc2)NC(=O)c2cccc(OC)c2)cc1. The average molecular weight is 404 g/mol. The van der Waals surface area contributed by atoms with Crippen LogP contribution in [0, 0.1) is 0 Å². The first-order chi connectivity index (χ1) is 14.7. The maximum Gasteiger partial charge on any atom is 0.258 e. The Balaban J connectivity index is 1.78. The van der Waals surface area contributed by atoms with Gasteiger partial charge in [0.05, 0.1) is 20.3 Å². The highest BCUT2D eigenvalue weighted by Crippen LogP contribution is 2.16. The Bertz CT molecular complexity index is 989. The Morgan fingerprint density at radius 1 is 1.07 bits per heavy atom. The largest absolute Gasteiger partial charge is 0.497 e. The molecule has 0 aliphatic rings. The van der Waals surface area contributed by atoms with Crippen LogP contribution in [0.1, 0.15) is 22.8 Å². The molecule has 0 saturated carbocycles. The van der Waals surface area contributed by atoms with Crippen molar-refractivity contribution in [1.82, 2.24) is 10.3 Å². The minimum absolute atomic E-state index is 0.294. The molecule has 0 spiro atoms. The summed E-state index contributed by atoms with van der Waals surface area (Å²) in [7, 11) is 1.56. The van der Waals surface area contributed by atoms with Crippen LogP contribution >= 0.6 is 0 Å². The van der Waals surface area contributed by atoms with Gasteiger partial charge in [-0.2, -0.15) is 0 Å². The fourth-order valence-electron chi connectivity index (χ4n) is 2.65. The van der Waals surface area contributed by atoms with Crippen LogP contribution in [0.3, 0.4) is 0 Å². The Kier molecular flexibility index (Phi) is 7.38. The summed E-state index contributed by atoms with van der Waals surface area (Å²) in [6.45, 7) is 2.90. The van der Waals surface area contributed by atoms with Gasteiger partial charge in [0.15, 0.2) is 0 Å². The zero-order chi connectivity index (χ0) is 21.2. The number of aromatic nitrogens is 1. The van der Waals surface area contributed by atoms with Crippen LogP contribution in [-0.4, -0.2) is 30.6 Å². The second-order valence-electron chi connectivity index (χ2n) is 6.29. The molecule has 0 fully saturated rings. The molecule has 1 aromatic heterocycles. The molecule has 2 aromatic carbocycles. The lowest BCUT2D eigenvalue weighted by Crippen LogP contribution is -2.36. The van der Waals surface area contributed by atoms with Crippen molar-refractivity contribution in [3.63, 3.8) is 0 Å². The summed E-state index contributed by atoms with van der Waals surface area (Å²) < 4.78 is 10.7. The lowest BCUT2D eigenvalue weighted by Gasteiger charge is -2.13. The quantitative estimate of drug-likeness (QED) is 0.461. The molecule has 0 bridgehead atoms. The van der Waals surface area contributed by atoms with Crippen LogP contribution in [0.2, 0.25) is 0 Å². The molecule has 0 saturated heterocycles. The number of amides is 1. The highest BCUT2D eigenvalue weighted by atomic mass is 16.5. The van der Waals surface area contributed by atoms with E-state index in [1.54, 1.807) is 43.8 Å². The van der Waals surface area contributed by atoms with E-state index in [1.165, 1.54) is 0 Å². The zero-order valence-electron chi connectivity index (χ0n) is 17.0.